The molecule has 0 fully saturated rings. The summed E-state index contributed by atoms with van der Waals surface area (Å²) in [6, 6.07) is 35.1. The number of unbranched alkanes of at least 4 members (excludes halogenated alkanes) is 1. The van der Waals surface area contributed by atoms with Gasteiger partial charge in [0.1, 0.15) is 0 Å². The molecular formula is C30H28ClF3NOP. The second kappa shape index (κ2) is 11.1. The third-order valence-electron chi connectivity index (χ3n) is 6.65. The fourth-order valence-corrected chi connectivity index (χ4v) is 11.1. The molecule has 1 N–H and O–H groups in total. The second-order valence-corrected chi connectivity index (χ2v) is 15.5. The van der Waals surface area contributed by atoms with Crippen molar-refractivity contribution in [2.75, 3.05) is 12.7 Å². The average molecular weight is 542 g/mol. The summed E-state index contributed by atoms with van der Waals surface area (Å²) in [5.41, 5.74) is -1.31. The van der Waals surface area contributed by atoms with Crippen LogP contribution in [0.25, 0.3) is 0 Å². The van der Waals surface area contributed by atoms with Crippen LogP contribution in [0.15, 0.2) is 115 Å². The molecule has 0 bridgehead atoms. The first kappa shape index (κ1) is 26.9. The van der Waals surface area contributed by atoms with Gasteiger partial charge >= 0.3 is 220 Å². The molecule has 0 heterocycles. The molecule has 0 radical (unpaired) electrons. The van der Waals surface area contributed by atoms with Crippen molar-refractivity contribution in [1.29, 1.82) is 0 Å². The normalized spacial score (nSPS) is 12.9. The molecule has 0 unspecified atom stereocenters. The number of hydrogen-bond donors (Lipinski definition) is 1. The van der Waals surface area contributed by atoms with E-state index in [9.17, 15) is 18.0 Å². The van der Waals surface area contributed by atoms with Crippen molar-refractivity contribution in [3.05, 3.63) is 126 Å². The number of hydrogen-bond acceptors (Lipinski definition) is 1. The van der Waals surface area contributed by atoms with E-state index < -0.39 is 23.6 Å². The number of nitrogens with one attached hydrogen (secondary N) is 1. The molecule has 37 heavy (non-hydrogen) atoms. The van der Waals surface area contributed by atoms with Crippen LogP contribution in [0, 0.1) is 0 Å². The van der Waals surface area contributed by atoms with Gasteiger partial charge in [0, 0.05) is 0 Å². The van der Waals surface area contributed by atoms with Crippen molar-refractivity contribution in [3.8, 4) is 0 Å². The monoisotopic (exact) mass is 541 g/mol. The van der Waals surface area contributed by atoms with Gasteiger partial charge in [0.05, 0.1) is 0 Å². The van der Waals surface area contributed by atoms with Gasteiger partial charge in [-0.3, -0.25) is 0 Å². The standard InChI is InChI=1S/C30H28ClF3NOP/c31-37(24-14-4-1-5-15-24,25-16-6-2-7-17-25,26-18-8-3-9-19-26)23-13-12-22-35-29(36)27-20-10-11-21-28(27)30(32,33)34/h1-11,14-21H,12-13,22-23H2,(H,35,36). The van der Waals surface area contributed by atoms with E-state index in [0.29, 0.717) is 19.0 Å². The zero-order valence-electron chi connectivity index (χ0n) is 20.2. The van der Waals surface area contributed by atoms with E-state index >= 15 is 0 Å². The fourth-order valence-electron chi connectivity index (χ4n) is 4.81. The molecule has 4 rings (SSSR count). The summed E-state index contributed by atoms with van der Waals surface area (Å²) in [7, 11) is 0. The summed E-state index contributed by atoms with van der Waals surface area (Å²) in [4.78, 5) is 12.6. The van der Waals surface area contributed by atoms with Gasteiger partial charge in [-0.15, -0.1) is 0 Å². The molecule has 0 aliphatic heterocycles. The number of carbonyl (C=O) groups is 1. The Kier molecular flexibility index (Phi) is 8.06. The Morgan fingerprint density at radius 3 is 1.57 bits per heavy atom. The van der Waals surface area contributed by atoms with Crippen LogP contribution >= 0.6 is 17.2 Å². The van der Waals surface area contributed by atoms with E-state index in [2.05, 4.69) is 41.7 Å². The molecule has 192 valence electrons. The van der Waals surface area contributed by atoms with Crippen LogP contribution in [0.1, 0.15) is 28.8 Å². The molecule has 0 atom stereocenters. The maximum atomic E-state index is 13.3. The van der Waals surface area contributed by atoms with Gasteiger partial charge in [-0.2, -0.15) is 0 Å². The van der Waals surface area contributed by atoms with E-state index in [0.717, 1.165) is 22.0 Å². The van der Waals surface area contributed by atoms with Crippen molar-refractivity contribution in [2.24, 2.45) is 0 Å². The van der Waals surface area contributed by atoms with Crippen molar-refractivity contribution in [1.82, 2.24) is 5.32 Å². The van der Waals surface area contributed by atoms with Crippen molar-refractivity contribution in [2.45, 2.75) is 19.0 Å². The SMILES string of the molecule is O=C(NCCCCP(Cl)(c1ccccc1)(c1ccccc1)c1ccccc1)c1ccccc1C(F)(F)F. The molecule has 0 saturated carbocycles. The van der Waals surface area contributed by atoms with Crippen LogP contribution in [0.3, 0.4) is 0 Å². The number of alkyl halides is 3. The molecule has 0 spiro atoms. The minimum absolute atomic E-state index is 0.243. The summed E-state index contributed by atoms with van der Waals surface area (Å²) in [6.07, 6.45) is -2.72. The molecular weight excluding hydrogens is 514 g/mol. The second-order valence-electron chi connectivity index (χ2n) is 8.92. The Hall–Kier alpha value is -3.14. The summed E-state index contributed by atoms with van der Waals surface area (Å²) >= 11 is 8.00. The number of benzene rings is 4. The third-order valence-corrected chi connectivity index (χ3v) is 14.2. The molecule has 1 amide bonds. The van der Waals surface area contributed by atoms with Crippen molar-refractivity contribution >= 4 is 39.0 Å². The molecule has 2 nitrogen and oxygen atoms in total. The predicted octanol–water partition coefficient (Wildman–Crippen LogP) is 6.90. The van der Waals surface area contributed by atoms with E-state index in [1.807, 2.05) is 54.6 Å². The first-order chi connectivity index (χ1) is 17.7. The zero-order valence-corrected chi connectivity index (χ0v) is 21.8. The Morgan fingerprint density at radius 1 is 0.676 bits per heavy atom. The summed E-state index contributed by atoms with van der Waals surface area (Å²) in [5, 5.41) is 5.82. The van der Waals surface area contributed by atoms with Crippen LogP contribution in [-0.2, 0) is 6.18 Å². The number of halogens is 4. The zero-order chi connectivity index (χ0) is 26.4. The first-order valence-corrected chi connectivity index (χ1v) is 15.4. The van der Waals surface area contributed by atoms with Crippen LogP contribution in [0.4, 0.5) is 13.2 Å². The van der Waals surface area contributed by atoms with Crippen molar-refractivity contribution < 1.29 is 18.0 Å². The van der Waals surface area contributed by atoms with Gasteiger partial charge in [0.2, 0.25) is 0 Å². The van der Waals surface area contributed by atoms with E-state index in [1.54, 1.807) is 0 Å². The van der Waals surface area contributed by atoms with Crippen LogP contribution in [-0.4, -0.2) is 18.6 Å². The fraction of sp³-hybridized carbons (Fsp3) is 0.167. The maximum absolute atomic E-state index is 13.3. The molecule has 4 aromatic rings. The first-order valence-electron chi connectivity index (χ1n) is 12.1. The Labute approximate surface area is 220 Å². The number of carbonyl (C=O) groups excluding carboxylic acids is 1. The topological polar surface area (TPSA) is 29.1 Å². The van der Waals surface area contributed by atoms with Gasteiger partial charge in [0.25, 0.3) is 0 Å². The Morgan fingerprint density at radius 2 is 1.11 bits per heavy atom. The molecule has 4 aromatic carbocycles. The summed E-state index contributed by atoms with van der Waals surface area (Å²) < 4.78 is 40.0. The summed E-state index contributed by atoms with van der Waals surface area (Å²) in [6.45, 7) is 0.243. The van der Waals surface area contributed by atoms with Gasteiger partial charge in [-0.05, 0) is 0 Å². The van der Waals surface area contributed by atoms with Crippen LogP contribution in [0.5, 0.6) is 0 Å². The molecule has 0 aliphatic rings. The number of rotatable bonds is 9. The third kappa shape index (κ3) is 5.44. The quantitative estimate of drug-likeness (QED) is 0.181. The van der Waals surface area contributed by atoms with Gasteiger partial charge in [-0.1, -0.05) is 0 Å². The molecule has 0 saturated heterocycles. The Balaban J connectivity index is 1.58. The molecule has 0 aliphatic carbocycles. The van der Waals surface area contributed by atoms with Crippen LogP contribution < -0.4 is 21.2 Å². The molecule has 7 heteroatoms. The predicted molar refractivity (Wildman–Crippen MR) is 149 cm³/mol. The van der Waals surface area contributed by atoms with E-state index in [4.69, 9.17) is 11.2 Å². The number of amides is 1. The average Bonchev–Trinajstić information content (AvgIpc) is 2.94. The van der Waals surface area contributed by atoms with Crippen molar-refractivity contribution in [3.63, 3.8) is 0 Å². The minimum atomic E-state index is -4.59. The van der Waals surface area contributed by atoms with E-state index in [-0.39, 0.29) is 12.1 Å². The van der Waals surface area contributed by atoms with Crippen LogP contribution in [0.2, 0.25) is 0 Å². The van der Waals surface area contributed by atoms with Gasteiger partial charge in [0.15, 0.2) is 0 Å². The van der Waals surface area contributed by atoms with E-state index in [1.165, 1.54) is 18.2 Å². The Bertz CT molecular complexity index is 1230. The van der Waals surface area contributed by atoms with Gasteiger partial charge in [-0.25, -0.2) is 0 Å². The van der Waals surface area contributed by atoms with Gasteiger partial charge < -0.3 is 0 Å². The molecule has 0 aromatic heterocycles. The summed E-state index contributed by atoms with van der Waals surface area (Å²) in [5.74, 6) is -4.14.